The van der Waals surface area contributed by atoms with Gasteiger partial charge in [-0.05, 0) is 66.8 Å². The quantitative estimate of drug-likeness (QED) is 0.545. The number of fused-ring (bicyclic) bond motifs is 1. The maximum absolute atomic E-state index is 12.9. The third-order valence-corrected chi connectivity index (χ3v) is 7.89. The van der Waals surface area contributed by atoms with E-state index in [0.717, 1.165) is 11.1 Å². The monoisotopic (exact) mass is 454 g/mol. The first kappa shape index (κ1) is 21.1. The first-order valence-corrected chi connectivity index (χ1v) is 12.7. The fourth-order valence-electron chi connectivity index (χ4n) is 3.62. The van der Waals surface area contributed by atoms with Crippen LogP contribution in [0.25, 0.3) is 0 Å². The maximum Gasteiger partial charge on any atom is 0.261 e. The second-order valence-electron chi connectivity index (χ2n) is 7.29. The van der Waals surface area contributed by atoms with E-state index < -0.39 is 20.0 Å². The third-order valence-electron chi connectivity index (χ3n) is 5.14. The fraction of sp³-hybridized carbons (Fsp3) is 0.130. The van der Waals surface area contributed by atoms with Gasteiger partial charge in [-0.3, -0.25) is 9.44 Å². The molecule has 2 N–H and O–H groups in total. The summed E-state index contributed by atoms with van der Waals surface area (Å²) in [6.07, 6.45) is 4.91. The zero-order valence-electron chi connectivity index (χ0n) is 16.9. The minimum absolute atomic E-state index is 0.168. The molecule has 0 bridgehead atoms. The molecule has 1 aliphatic rings. The Balaban J connectivity index is 1.76. The van der Waals surface area contributed by atoms with Crippen LogP contribution in [0.5, 0.6) is 0 Å². The highest BCUT2D eigenvalue weighted by atomic mass is 32.2. The molecule has 8 heteroatoms. The van der Waals surface area contributed by atoms with Gasteiger partial charge in [-0.1, -0.05) is 48.6 Å². The van der Waals surface area contributed by atoms with Gasteiger partial charge in [0.1, 0.15) is 0 Å². The Bertz CT molecular complexity index is 1350. The molecule has 3 aromatic rings. The van der Waals surface area contributed by atoms with E-state index in [-0.39, 0.29) is 9.79 Å². The Morgan fingerprint density at radius 2 is 1.16 bits per heavy atom. The summed E-state index contributed by atoms with van der Waals surface area (Å²) < 4.78 is 56.9. The van der Waals surface area contributed by atoms with Crippen LogP contribution in [0.1, 0.15) is 16.7 Å². The summed E-state index contributed by atoms with van der Waals surface area (Å²) >= 11 is 0. The van der Waals surface area contributed by atoms with Crippen molar-refractivity contribution in [2.24, 2.45) is 0 Å². The van der Waals surface area contributed by atoms with Gasteiger partial charge in [0.15, 0.2) is 0 Å². The first-order chi connectivity index (χ1) is 14.8. The lowest BCUT2D eigenvalue weighted by molar-refractivity contribution is 0.599. The van der Waals surface area contributed by atoms with Crippen LogP contribution in [0.2, 0.25) is 0 Å². The van der Waals surface area contributed by atoms with Gasteiger partial charge in [-0.2, -0.15) is 0 Å². The lowest BCUT2D eigenvalue weighted by Gasteiger charge is -2.23. The number of anilines is 2. The lowest BCUT2D eigenvalue weighted by Crippen LogP contribution is -2.19. The van der Waals surface area contributed by atoms with Crippen molar-refractivity contribution in [3.63, 3.8) is 0 Å². The maximum atomic E-state index is 12.9. The van der Waals surface area contributed by atoms with Crippen molar-refractivity contribution in [2.45, 2.75) is 29.6 Å². The second-order valence-corrected chi connectivity index (χ2v) is 10.7. The van der Waals surface area contributed by atoms with Crippen LogP contribution < -0.4 is 9.44 Å². The molecule has 0 amide bonds. The standard InChI is InChI=1S/C23H22N2O4S2/c1-17-16-22(24-30(26,27)18-10-4-2-5-11-18)20-14-8-9-15-21(20)23(17)25-31(28,29)19-12-6-3-7-13-19/h2-13,16,24-25H,14-15H2,1H3. The van der Waals surface area contributed by atoms with Gasteiger partial charge in [0, 0.05) is 0 Å². The smallest absolute Gasteiger partial charge is 0.261 e. The van der Waals surface area contributed by atoms with Gasteiger partial charge < -0.3 is 0 Å². The van der Waals surface area contributed by atoms with Crippen molar-refractivity contribution < 1.29 is 16.8 Å². The Morgan fingerprint density at radius 3 is 1.71 bits per heavy atom. The predicted molar refractivity (Wildman–Crippen MR) is 122 cm³/mol. The Morgan fingerprint density at radius 1 is 0.677 bits per heavy atom. The highest BCUT2D eigenvalue weighted by Gasteiger charge is 2.24. The fourth-order valence-corrected chi connectivity index (χ4v) is 5.91. The average Bonchev–Trinajstić information content (AvgIpc) is 2.77. The summed E-state index contributed by atoms with van der Waals surface area (Å²) in [4.78, 5) is 0.338. The molecule has 3 aromatic carbocycles. The topological polar surface area (TPSA) is 92.3 Å². The van der Waals surface area contributed by atoms with E-state index in [1.54, 1.807) is 49.4 Å². The SMILES string of the molecule is Cc1cc(NS(=O)(=O)c2ccccc2)c2c(c1NS(=O)(=O)c1ccccc1)CC=CC2. The lowest BCUT2D eigenvalue weighted by atomic mass is 9.91. The Labute approximate surface area is 182 Å². The molecule has 6 nitrogen and oxygen atoms in total. The molecule has 0 aromatic heterocycles. The summed E-state index contributed by atoms with van der Waals surface area (Å²) in [5, 5.41) is 0. The largest absolute Gasteiger partial charge is 0.279 e. The van der Waals surface area contributed by atoms with Crippen molar-refractivity contribution in [1.29, 1.82) is 0 Å². The van der Waals surface area contributed by atoms with Crippen molar-refractivity contribution in [3.05, 3.63) is 95.6 Å². The van der Waals surface area contributed by atoms with Crippen LogP contribution in [0.3, 0.4) is 0 Å². The molecular weight excluding hydrogens is 432 g/mol. The van der Waals surface area contributed by atoms with Crippen molar-refractivity contribution in [2.75, 3.05) is 9.44 Å². The predicted octanol–water partition coefficient (Wildman–Crippen LogP) is 4.25. The van der Waals surface area contributed by atoms with Crippen LogP contribution >= 0.6 is 0 Å². The summed E-state index contributed by atoms with van der Waals surface area (Å²) in [5.74, 6) is 0. The van der Waals surface area contributed by atoms with Crippen LogP contribution in [0, 0.1) is 6.92 Å². The Hall–Kier alpha value is -3.10. The molecule has 0 unspecified atom stereocenters. The van der Waals surface area contributed by atoms with Gasteiger partial charge in [0.2, 0.25) is 0 Å². The molecule has 160 valence electrons. The molecule has 4 rings (SSSR count). The number of hydrogen-bond donors (Lipinski definition) is 2. The molecular formula is C23H22N2O4S2. The number of rotatable bonds is 6. The second kappa shape index (κ2) is 8.20. The van der Waals surface area contributed by atoms with Gasteiger partial charge in [0.25, 0.3) is 20.0 Å². The third kappa shape index (κ3) is 4.35. The summed E-state index contributed by atoms with van der Waals surface area (Å²) in [5.41, 5.74) is 3.12. The van der Waals surface area contributed by atoms with Crippen molar-refractivity contribution in [3.8, 4) is 0 Å². The molecule has 0 saturated carbocycles. The van der Waals surface area contributed by atoms with Crippen molar-refractivity contribution in [1.82, 2.24) is 0 Å². The number of allylic oxidation sites excluding steroid dienone is 2. The minimum atomic E-state index is -3.77. The molecule has 0 radical (unpaired) electrons. The number of hydrogen-bond acceptors (Lipinski definition) is 4. The number of benzene rings is 3. The van der Waals surface area contributed by atoms with E-state index >= 15 is 0 Å². The minimum Gasteiger partial charge on any atom is -0.279 e. The molecule has 0 heterocycles. The summed E-state index contributed by atoms with van der Waals surface area (Å²) in [6.45, 7) is 1.77. The zero-order valence-corrected chi connectivity index (χ0v) is 18.5. The average molecular weight is 455 g/mol. The van der Waals surface area contributed by atoms with E-state index in [1.165, 1.54) is 24.3 Å². The van der Waals surface area contributed by atoms with E-state index in [1.807, 2.05) is 12.2 Å². The van der Waals surface area contributed by atoms with E-state index in [9.17, 15) is 16.8 Å². The molecule has 0 saturated heterocycles. The zero-order chi connectivity index (χ0) is 22.1. The highest BCUT2D eigenvalue weighted by Crippen LogP contribution is 2.36. The molecule has 0 aliphatic heterocycles. The van der Waals surface area contributed by atoms with Gasteiger partial charge in [-0.25, -0.2) is 16.8 Å². The molecule has 0 fully saturated rings. The highest BCUT2D eigenvalue weighted by molar-refractivity contribution is 7.93. The van der Waals surface area contributed by atoms with Crippen LogP contribution in [-0.2, 0) is 32.9 Å². The van der Waals surface area contributed by atoms with Gasteiger partial charge in [0.05, 0.1) is 21.2 Å². The van der Waals surface area contributed by atoms with E-state index in [0.29, 0.717) is 29.8 Å². The normalized spacial score (nSPS) is 13.5. The van der Waals surface area contributed by atoms with Crippen LogP contribution in [-0.4, -0.2) is 16.8 Å². The Kier molecular flexibility index (Phi) is 5.60. The first-order valence-electron chi connectivity index (χ1n) is 9.74. The van der Waals surface area contributed by atoms with Gasteiger partial charge in [-0.15, -0.1) is 0 Å². The molecule has 0 atom stereocenters. The summed E-state index contributed by atoms with van der Waals surface area (Å²) in [6, 6.07) is 18.0. The number of nitrogens with one attached hydrogen (secondary N) is 2. The number of aryl methyl sites for hydroxylation is 1. The number of sulfonamides is 2. The van der Waals surface area contributed by atoms with Crippen molar-refractivity contribution >= 4 is 31.4 Å². The van der Waals surface area contributed by atoms with E-state index in [4.69, 9.17) is 0 Å². The van der Waals surface area contributed by atoms with Gasteiger partial charge >= 0.3 is 0 Å². The molecule has 0 spiro atoms. The van der Waals surface area contributed by atoms with E-state index in [2.05, 4.69) is 9.44 Å². The van der Waals surface area contributed by atoms with Crippen LogP contribution in [0.4, 0.5) is 11.4 Å². The molecule has 31 heavy (non-hydrogen) atoms. The van der Waals surface area contributed by atoms with Crippen LogP contribution in [0.15, 0.2) is 88.7 Å². The summed E-state index contributed by atoms with van der Waals surface area (Å²) in [7, 11) is -7.54. The molecule has 1 aliphatic carbocycles.